The molecule has 0 radical (unpaired) electrons. The summed E-state index contributed by atoms with van der Waals surface area (Å²) >= 11 is 4.07. The van der Waals surface area contributed by atoms with E-state index in [0.717, 1.165) is 12.8 Å². The Morgan fingerprint density at radius 2 is 2.03 bits per heavy atom. The summed E-state index contributed by atoms with van der Waals surface area (Å²) in [5.74, 6) is -1.47. The number of amides is 1. The van der Waals surface area contributed by atoms with Crippen LogP contribution in [0.1, 0.15) is 25.6 Å². The highest BCUT2D eigenvalue weighted by Crippen LogP contribution is 2.33. The van der Waals surface area contributed by atoms with E-state index in [9.17, 15) is 18.3 Å². The fourth-order valence-electron chi connectivity index (χ4n) is 2.89. The normalized spacial score (nSPS) is 14.8. The van der Waals surface area contributed by atoms with Crippen LogP contribution in [0.25, 0.3) is 0 Å². The molecular formula is C18H25N3O6S2. The minimum absolute atomic E-state index is 0.127. The molecule has 0 saturated carbocycles. The van der Waals surface area contributed by atoms with Crippen LogP contribution in [0.2, 0.25) is 0 Å². The number of nitrogens with zero attached hydrogens (tertiary/aromatic N) is 2. The highest BCUT2D eigenvalue weighted by molar-refractivity contribution is 7.93. The smallest absolute Gasteiger partial charge is 0.284 e. The van der Waals surface area contributed by atoms with Gasteiger partial charge in [-0.25, -0.2) is 18.9 Å². The molecule has 1 aromatic heterocycles. The molecule has 160 valence electrons. The van der Waals surface area contributed by atoms with Crippen molar-refractivity contribution in [3.05, 3.63) is 42.5 Å². The van der Waals surface area contributed by atoms with Crippen LogP contribution < -0.4 is 10.2 Å². The number of thiol groups is 1. The molecule has 0 fully saturated rings. The molecule has 2 atom stereocenters. The third-order valence-electron chi connectivity index (χ3n) is 4.54. The van der Waals surface area contributed by atoms with E-state index in [2.05, 4.69) is 17.6 Å². The number of aliphatic hydroxyl groups is 1. The number of hydrogen-bond donors (Lipinski definition) is 4. The zero-order chi connectivity index (χ0) is 21.7. The van der Waals surface area contributed by atoms with E-state index in [4.69, 9.17) is 9.94 Å². The average Bonchev–Trinajstić information content (AvgIpc) is 3.14. The Morgan fingerprint density at radius 3 is 2.52 bits per heavy atom. The maximum atomic E-state index is 13.3. The molecule has 11 heteroatoms. The van der Waals surface area contributed by atoms with Gasteiger partial charge < -0.3 is 14.4 Å². The van der Waals surface area contributed by atoms with E-state index in [0.29, 0.717) is 12.4 Å². The third kappa shape index (κ3) is 4.58. The number of sulfone groups is 1. The Morgan fingerprint density at radius 1 is 1.38 bits per heavy atom. The highest BCUT2D eigenvalue weighted by Gasteiger charge is 2.54. The van der Waals surface area contributed by atoms with E-state index in [-0.39, 0.29) is 10.7 Å². The number of carbonyl (C=O) groups excluding carboxylic acids is 1. The number of imidazole rings is 1. The first-order valence-corrected chi connectivity index (χ1v) is 11.1. The zero-order valence-corrected chi connectivity index (χ0v) is 17.9. The van der Waals surface area contributed by atoms with Gasteiger partial charge in [-0.05, 0) is 30.7 Å². The Kier molecular flexibility index (Phi) is 7.69. The van der Waals surface area contributed by atoms with E-state index in [1.807, 2.05) is 6.92 Å². The number of carbonyl (C=O) groups is 1. The van der Waals surface area contributed by atoms with E-state index < -0.39 is 32.3 Å². The second-order valence-electron chi connectivity index (χ2n) is 6.46. The molecule has 3 N–H and O–H groups in total. The fourth-order valence-corrected chi connectivity index (χ4v) is 5.44. The molecule has 2 aromatic rings. The molecular weight excluding hydrogens is 418 g/mol. The number of rotatable bonds is 10. The van der Waals surface area contributed by atoms with Crippen LogP contribution in [0.5, 0.6) is 5.75 Å². The summed E-state index contributed by atoms with van der Waals surface area (Å²) in [5, 5.41) is 18.6. The summed E-state index contributed by atoms with van der Waals surface area (Å²) < 4.78 is 33.3. The van der Waals surface area contributed by atoms with Crippen molar-refractivity contribution < 1.29 is 28.3 Å². The highest BCUT2D eigenvalue weighted by atomic mass is 32.2. The molecule has 0 bridgehead atoms. The van der Waals surface area contributed by atoms with Gasteiger partial charge >= 0.3 is 0 Å². The standard InChI is InChI=1S/C18H25N3O6S2/c1-3-4-11-27-13-5-7-14(8-6-13)29(25,26)15(12-28)18(23,17(22)20-24)16-19-9-10-21(16)2/h5-10,15,23-24,28H,3-4,11-12H2,1-2H3,(H,20,22). The first-order chi connectivity index (χ1) is 13.7. The Bertz CT molecular complexity index is 929. The van der Waals surface area contributed by atoms with Gasteiger partial charge in [0.25, 0.3) is 5.91 Å². The number of aromatic nitrogens is 2. The molecule has 2 unspecified atom stereocenters. The summed E-state index contributed by atoms with van der Waals surface area (Å²) in [6.07, 6.45) is 4.58. The maximum Gasteiger partial charge on any atom is 0.284 e. The predicted octanol–water partition coefficient (Wildman–Crippen LogP) is 1.06. The van der Waals surface area contributed by atoms with Gasteiger partial charge in [-0.2, -0.15) is 12.6 Å². The summed E-state index contributed by atoms with van der Waals surface area (Å²) in [4.78, 5) is 16.2. The Hall–Kier alpha value is -2.08. The molecule has 1 amide bonds. The lowest BCUT2D eigenvalue weighted by Crippen LogP contribution is -2.56. The number of benzene rings is 1. The zero-order valence-electron chi connectivity index (χ0n) is 16.1. The minimum Gasteiger partial charge on any atom is -0.494 e. The van der Waals surface area contributed by atoms with Crippen molar-refractivity contribution in [3.63, 3.8) is 0 Å². The maximum absolute atomic E-state index is 13.3. The van der Waals surface area contributed by atoms with E-state index in [1.165, 1.54) is 53.8 Å². The van der Waals surface area contributed by atoms with Crippen molar-refractivity contribution in [3.8, 4) is 5.75 Å². The first kappa shape index (κ1) is 23.2. The minimum atomic E-state index is -4.26. The largest absolute Gasteiger partial charge is 0.494 e. The number of nitrogens with one attached hydrogen (secondary N) is 1. The third-order valence-corrected chi connectivity index (χ3v) is 7.33. The van der Waals surface area contributed by atoms with Gasteiger partial charge in [-0.1, -0.05) is 13.3 Å². The molecule has 9 nitrogen and oxygen atoms in total. The number of unbranched alkanes of at least 4 members (excludes halogenated alkanes) is 1. The van der Waals surface area contributed by atoms with Crippen molar-refractivity contribution in [2.45, 2.75) is 35.5 Å². The van der Waals surface area contributed by atoms with Gasteiger partial charge in [0.05, 0.1) is 11.5 Å². The molecule has 0 spiro atoms. The first-order valence-electron chi connectivity index (χ1n) is 8.95. The number of hydrogen-bond acceptors (Lipinski definition) is 8. The Balaban J connectivity index is 2.46. The lowest BCUT2D eigenvalue weighted by molar-refractivity contribution is -0.150. The van der Waals surface area contributed by atoms with Gasteiger partial charge in [0.2, 0.25) is 5.60 Å². The molecule has 1 heterocycles. The molecule has 0 aliphatic rings. The quantitative estimate of drug-likeness (QED) is 0.187. The molecule has 0 aliphatic heterocycles. The van der Waals surface area contributed by atoms with Gasteiger partial charge in [0.15, 0.2) is 15.7 Å². The summed E-state index contributed by atoms with van der Waals surface area (Å²) in [5.41, 5.74) is -1.34. The van der Waals surface area contributed by atoms with Crippen molar-refractivity contribution in [2.75, 3.05) is 12.4 Å². The SMILES string of the molecule is CCCCOc1ccc(S(=O)(=O)C(CS)C(O)(C(=O)NO)c2nccn2C)cc1. The number of aryl methyl sites for hydroxylation is 1. The number of ether oxygens (including phenoxy) is 1. The lowest BCUT2D eigenvalue weighted by Gasteiger charge is -2.32. The van der Waals surface area contributed by atoms with Crippen LogP contribution >= 0.6 is 12.6 Å². The van der Waals surface area contributed by atoms with Crippen LogP contribution in [0.3, 0.4) is 0 Å². The van der Waals surface area contributed by atoms with Crippen LogP contribution in [-0.2, 0) is 27.3 Å². The van der Waals surface area contributed by atoms with Crippen LogP contribution in [0, 0.1) is 0 Å². The van der Waals surface area contributed by atoms with Crippen molar-refractivity contribution in [1.29, 1.82) is 0 Å². The molecule has 2 rings (SSSR count). The van der Waals surface area contributed by atoms with Crippen LogP contribution in [-0.4, -0.2) is 51.8 Å². The van der Waals surface area contributed by atoms with Gasteiger partial charge in [0.1, 0.15) is 11.0 Å². The van der Waals surface area contributed by atoms with Crippen molar-refractivity contribution >= 4 is 28.4 Å². The number of hydroxylamine groups is 1. The lowest BCUT2D eigenvalue weighted by atomic mass is 9.98. The molecule has 1 aromatic carbocycles. The van der Waals surface area contributed by atoms with Gasteiger partial charge in [-0.3, -0.25) is 10.0 Å². The van der Waals surface area contributed by atoms with E-state index >= 15 is 0 Å². The fraction of sp³-hybridized carbons (Fsp3) is 0.444. The summed E-state index contributed by atoms with van der Waals surface area (Å²) in [6.45, 7) is 2.54. The van der Waals surface area contributed by atoms with Crippen molar-refractivity contribution in [1.82, 2.24) is 15.0 Å². The van der Waals surface area contributed by atoms with Gasteiger partial charge in [-0.15, -0.1) is 0 Å². The second kappa shape index (κ2) is 9.61. The predicted molar refractivity (Wildman–Crippen MR) is 109 cm³/mol. The van der Waals surface area contributed by atoms with Crippen molar-refractivity contribution in [2.24, 2.45) is 7.05 Å². The van der Waals surface area contributed by atoms with E-state index in [1.54, 1.807) is 0 Å². The summed E-state index contributed by atoms with van der Waals surface area (Å²) in [7, 11) is -2.77. The average molecular weight is 444 g/mol. The van der Waals surface area contributed by atoms with Crippen LogP contribution in [0.4, 0.5) is 0 Å². The molecule has 0 aliphatic carbocycles. The monoisotopic (exact) mass is 443 g/mol. The van der Waals surface area contributed by atoms with Crippen LogP contribution in [0.15, 0.2) is 41.6 Å². The topological polar surface area (TPSA) is 131 Å². The van der Waals surface area contributed by atoms with Gasteiger partial charge in [0, 0.05) is 25.2 Å². The molecule has 29 heavy (non-hydrogen) atoms. The molecule has 0 saturated heterocycles. The Labute approximate surface area is 175 Å². The summed E-state index contributed by atoms with van der Waals surface area (Å²) in [6, 6.07) is 5.68. The second-order valence-corrected chi connectivity index (χ2v) is 8.95.